The molecule has 3 aromatic heterocycles. The number of hydrogen-bond acceptors (Lipinski definition) is 8. The number of carbonyl (C=O) groups excluding carboxylic acids is 2. The zero-order valence-electron chi connectivity index (χ0n) is 21.2. The van der Waals surface area contributed by atoms with E-state index in [1.807, 2.05) is 19.1 Å². The molecule has 1 aromatic carbocycles. The predicted molar refractivity (Wildman–Crippen MR) is 140 cm³/mol. The highest BCUT2D eigenvalue weighted by molar-refractivity contribution is 6.29. The first-order valence-corrected chi connectivity index (χ1v) is 11.9. The molecule has 4 rings (SSSR count). The van der Waals surface area contributed by atoms with Crippen molar-refractivity contribution in [3.63, 3.8) is 0 Å². The number of fused-ring (bicyclic) bond motifs is 2. The molecule has 0 fully saturated rings. The van der Waals surface area contributed by atoms with Gasteiger partial charge in [-0.25, -0.2) is 14.3 Å². The van der Waals surface area contributed by atoms with Gasteiger partial charge in [-0.1, -0.05) is 11.6 Å². The van der Waals surface area contributed by atoms with Gasteiger partial charge in [0.05, 0.1) is 36.8 Å². The number of imidazole rings is 1. The van der Waals surface area contributed by atoms with Crippen LogP contribution in [-0.4, -0.2) is 62.1 Å². The fraction of sp³-hybridized carbons (Fsp3) is 0.375. The molecule has 0 saturated carbocycles. The molecule has 0 spiro atoms. The second-order valence-corrected chi connectivity index (χ2v) is 10.1. The molecular formula is C24H29ClN8O4. The largest absolute Gasteiger partial charge is 0.443 e. The number of anilines is 2. The average Bonchev–Trinajstić information content (AvgIpc) is 3.43. The number of carbonyl (C=O) groups is 2. The first-order chi connectivity index (χ1) is 17.4. The fourth-order valence-corrected chi connectivity index (χ4v) is 3.89. The summed E-state index contributed by atoms with van der Waals surface area (Å²) in [5.41, 5.74) is 8.38. The highest BCUT2D eigenvalue weighted by Crippen LogP contribution is 2.25. The number of H-pyrrole nitrogens is 1. The zero-order valence-corrected chi connectivity index (χ0v) is 22.0. The fourth-order valence-electron chi connectivity index (χ4n) is 3.71. The van der Waals surface area contributed by atoms with E-state index in [1.165, 1.54) is 28.7 Å². The lowest BCUT2D eigenvalue weighted by molar-refractivity contribution is 0.0589. The second-order valence-electron chi connectivity index (χ2n) is 9.67. The van der Waals surface area contributed by atoms with Crippen LogP contribution in [0.4, 0.5) is 16.2 Å². The van der Waals surface area contributed by atoms with Gasteiger partial charge in [-0.3, -0.25) is 14.8 Å². The van der Waals surface area contributed by atoms with Crippen molar-refractivity contribution < 1.29 is 19.1 Å². The minimum Gasteiger partial charge on any atom is -0.443 e. The summed E-state index contributed by atoms with van der Waals surface area (Å²) in [7, 11) is 1.53. The molecule has 1 atom stereocenters. The first kappa shape index (κ1) is 26.2. The van der Waals surface area contributed by atoms with Crippen LogP contribution in [0.3, 0.4) is 0 Å². The molecule has 4 N–H and O–H groups in total. The standard InChI is InChI=1S/C24H29ClN8O4/c1-13(11-36-12-15-7-16(26)6-14-9-28-30-20(14)15)29-22(34)18-10-27-21-17(8-19(25)31-33(18)21)32(5)23(35)37-24(2,3)4/h6-10,13H,11-12,26H2,1-5H3,(H,28,30)(H,29,34)/t13-/m1/s1. The van der Waals surface area contributed by atoms with Crippen molar-refractivity contribution in [3.05, 3.63) is 47.0 Å². The normalized spacial score (nSPS) is 12.6. The van der Waals surface area contributed by atoms with E-state index in [4.69, 9.17) is 26.8 Å². The number of amides is 2. The lowest BCUT2D eigenvalue weighted by Gasteiger charge is -2.24. The summed E-state index contributed by atoms with van der Waals surface area (Å²) in [6, 6.07) is 4.81. The Bertz CT molecular complexity index is 1460. The van der Waals surface area contributed by atoms with E-state index in [-0.39, 0.29) is 35.7 Å². The number of nitrogens with two attached hydrogens (primary N) is 1. The van der Waals surface area contributed by atoms with E-state index in [9.17, 15) is 9.59 Å². The summed E-state index contributed by atoms with van der Waals surface area (Å²) in [4.78, 5) is 31.2. The highest BCUT2D eigenvalue weighted by Gasteiger charge is 2.25. The maximum atomic E-state index is 13.0. The van der Waals surface area contributed by atoms with E-state index in [1.54, 1.807) is 27.0 Å². The molecule has 196 valence electrons. The van der Waals surface area contributed by atoms with Crippen molar-refractivity contribution >= 4 is 51.5 Å². The molecule has 0 radical (unpaired) electrons. The number of rotatable bonds is 7. The number of aromatic nitrogens is 5. The first-order valence-electron chi connectivity index (χ1n) is 11.5. The molecule has 4 aromatic rings. The third-order valence-electron chi connectivity index (χ3n) is 5.34. The Morgan fingerprint density at radius 2 is 2.03 bits per heavy atom. The van der Waals surface area contributed by atoms with Crippen molar-refractivity contribution in [2.45, 2.75) is 45.9 Å². The van der Waals surface area contributed by atoms with E-state index in [0.717, 1.165) is 16.5 Å². The number of benzene rings is 1. The van der Waals surface area contributed by atoms with Crippen molar-refractivity contribution in [1.82, 2.24) is 30.1 Å². The van der Waals surface area contributed by atoms with Gasteiger partial charge in [0.2, 0.25) is 0 Å². The Hall–Kier alpha value is -3.90. The van der Waals surface area contributed by atoms with Crippen LogP contribution in [0.2, 0.25) is 5.15 Å². The number of ether oxygens (including phenoxy) is 2. The minimum atomic E-state index is -0.686. The Morgan fingerprint density at radius 3 is 2.76 bits per heavy atom. The Balaban J connectivity index is 1.44. The highest BCUT2D eigenvalue weighted by atomic mass is 35.5. The van der Waals surface area contributed by atoms with E-state index in [0.29, 0.717) is 11.4 Å². The minimum absolute atomic E-state index is 0.0774. The number of nitrogen functional groups attached to an aromatic ring is 1. The topological polar surface area (TPSA) is 153 Å². The SMILES string of the molecule is C[C@H](COCc1cc(N)cc2cn[nH]c12)NC(=O)c1cnc2c(N(C)C(=O)OC(C)(C)C)cc(Cl)nn12. The molecule has 37 heavy (non-hydrogen) atoms. The molecule has 0 unspecified atom stereocenters. The third kappa shape index (κ3) is 5.92. The Morgan fingerprint density at radius 1 is 1.27 bits per heavy atom. The summed E-state index contributed by atoms with van der Waals surface area (Å²) in [5.74, 6) is -0.427. The maximum Gasteiger partial charge on any atom is 0.414 e. The van der Waals surface area contributed by atoms with Crippen molar-refractivity contribution in [3.8, 4) is 0 Å². The van der Waals surface area contributed by atoms with Crippen molar-refractivity contribution in [2.24, 2.45) is 0 Å². The lowest BCUT2D eigenvalue weighted by atomic mass is 10.1. The number of hydrogen-bond donors (Lipinski definition) is 3. The second kappa shape index (κ2) is 10.2. The number of halogens is 1. The van der Waals surface area contributed by atoms with Gasteiger partial charge in [0, 0.05) is 35.8 Å². The third-order valence-corrected chi connectivity index (χ3v) is 5.52. The van der Waals surface area contributed by atoms with Gasteiger partial charge in [0.15, 0.2) is 16.5 Å². The smallest absolute Gasteiger partial charge is 0.414 e. The van der Waals surface area contributed by atoms with Gasteiger partial charge >= 0.3 is 6.09 Å². The van der Waals surface area contributed by atoms with Gasteiger partial charge < -0.3 is 20.5 Å². The molecule has 12 nitrogen and oxygen atoms in total. The van der Waals surface area contributed by atoms with Gasteiger partial charge in [0.1, 0.15) is 5.60 Å². The summed E-state index contributed by atoms with van der Waals surface area (Å²) in [6.07, 6.45) is 2.48. The molecule has 0 aliphatic carbocycles. The molecule has 0 saturated heterocycles. The zero-order chi connectivity index (χ0) is 26.9. The van der Waals surface area contributed by atoms with Gasteiger partial charge in [0.25, 0.3) is 5.91 Å². The molecule has 13 heteroatoms. The molecule has 2 amide bonds. The molecule has 0 aliphatic heterocycles. The molecular weight excluding hydrogens is 500 g/mol. The molecule has 3 heterocycles. The van der Waals surface area contributed by atoms with Crippen LogP contribution in [0.25, 0.3) is 16.6 Å². The van der Waals surface area contributed by atoms with E-state index >= 15 is 0 Å². The van der Waals surface area contributed by atoms with Crippen LogP contribution in [0.15, 0.2) is 30.6 Å². The van der Waals surface area contributed by atoms with Crippen molar-refractivity contribution in [1.29, 1.82) is 0 Å². The summed E-state index contributed by atoms with van der Waals surface area (Å²) in [5, 5.41) is 15.0. The van der Waals surface area contributed by atoms with Crippen molar-refractivity contribution in [2.75, 3.05) is 24.3 Å². The van der Waals surface area contributed by atoms with Crippen LogP contribution in [-0.2, 0) is 16.1 Å². The summed E-state index contributed by atoms with van der Waals surface area (Å²) in [6.45, 7) is 7.65. The van der Waals surface area contributed by atoms with E-state index < -0.39 is 17.6 Å². The Labute approximate surface area is 218 Å². The lowest BCUT2D eigenvalue weighted by Crippen LogP contribution is -2.36. The van der Waals surface area contributed by atoms with E-state index in [2.05, 4.69) is 25.6 Å². The monoisotopic (exact) mass is 528 g/mol. The maximum absolute atomic E-state index is 13.0. The molecule has 0 aliphatic rings. The van der Waals surface area contributed by atoms with Gasteiger partial charge in [-0.05, 0) is 39.8 Å². The van der Waals surface area contributed by atoms with Crippen LogP contribution < -0.4 is 16.0 Å². The van der Waals surface area contributed by atoms with Gasteiger partial charge in [-0.2, -0.15) is 10.2 Å². The summed E-state index contributed by atoms with van der Waals surface area (Å²) < 4.78 is 12.5. The number of aromatic amines is 1. The predicted octanol–water partition coefficient (Wildman–Crippen LogP) is 3.55. The van der Waals surface area contributed by atoms with Crippen LogP contribution in [0.1, 0.15) is 43.7 Å². The van der Waals surface area contributed by atoms with Crippen LogP contribution in [0.5, 0.6) is 0 Å². The average molecular weight is 529 g/mol. The van der Waals surface area contributed by atoms with Gasteiger partial charge in [-0.15, -0.1) is 0 Å². The Kier molecular flexibility index (Phi) is 7.23. The van der Waals surface area contributed by atoms with Crippen LogP contribution >= 0.6 is 11.6 Å². The summed E-state index contributed by atoms with van der Waals surface area (Å²) >= 11 is 6.21. The number of nitrogens with one attached hydrogen (secondary N) is 2. The number of nitrogens with zero attached hydrogens (tertiary/aromatic N) is 5. The molecule has 0 bridgehead atoms. The van der Waals surface area contributed by atoms with Crippen LogP contribution in [0, 0.1) is 0 Å². The quantitative estimate of drug-likeness (QED) is 0.308.